The molecule has 0 aliphatic heterocycles. The first-order chi connectivity index (χ1) is 9.25. The van der Waals surface area contributed by atoms with Gasteiger partial charge in [-0.2, -0.15) is 0 Å². The standard InChI is InChI=1S/C15H22ClNO2/c1-2-3-11-19-12-7-10-17-15(18)14(16)13-8-5-4-6-9-13/h4-6,8-9,14H,2-3,7,10-12H2,1H3,(H,17,18). The number of rotatable bonds is 9. The number of unbranched alkanes of at least 4 members (excludes halogenated alkanes) is 1. The summed E-state index contributed by atoms with van der Waals surface area (Å²) in [5.41, 5.74) is 0.820. The minimum Gasteiger partial charge on any atom is -0.381 e. The Balaban J connectivity index is 2.14. The second kappa shape index (κ2) is 9.82. The van der Waals surface area contributed by atoms with Gasteiger partial charge in [0.25, 0.3) is 0 Å². The number of hydrogen-bond acceptors (Lipinski definition) is 2. The maximum Gasteiger partial charge on any atom is 0.242 e. The van der Waals surface area contributed by atoms with Crippen molar-refractivity contribution in [3.63, 3.8) is 0 Å². The average molecular weight is 284 g/mol. The van der Waals surface area contributed by atoms with Gasteiger partial charge in [-0.1, -0.05) is 43.7 Å². The second-order valence-corrected chi connectivity index (χ2v) is 4.82. The van der Waals surface area contributed by atoms with Crippen molar-refractivity contribution in [2.45, 2.75) is 31.6 Å². The topological polar surface area (TPSA) is 38.3 Å². The quantitative estimate of drug-likeness (QED) is 0.558. The summed E-state index contributed by atoms with van der Waals surface area (Å²) in [5, 5.41) is 2.20. The summed E-state index contributed by atoms with van der Waals surface area (Å²) in [6.07, 6.45) is 3.04. The van der Waals surface area contributed by atoms with Crippen LogP contribution in [-0.4, -0.2) is 25.7 Å². The smallest absolute Gasteiger partial charge is 0.242 e. The molecule has 0 aromatic heterocycles. The molecule has 19 heavy (non-hydrogen) atoms. The van der Waals surface area contributed by atoms with Gasteiger partial charge in [-0.3, -0.25) is 4.79 Å². The van der Waals surface area contributed by atoms with Crippen LogP contribution in [0, 0.1) is 0 Å². The molecule has 0 saturated carbocycles. The molecular weight excluding hydrogens is 262 g/mol. The van der Waals surface area contributed by atoms with E-state index >= 15 is 0 Å². The first-order valence-electron chi connectivity index (χ1n) is 6.80. The van der Waals surface area contributed by atoms with Gasteiger partial charge in [0.1, 0.15) is 5.38 Å². The number of benzene rings is 1. The van der Waals surface area contributed by atoms with Crippen molar-refractivity contribution in [1.29, 1.82) is 0 Å². The van der Waals surface area contributed by atoms with Crippen molar-refractivity contribution in [2.75, 3.05) is 19.8 Å². The van der Waals surface area contributed by atoms with Crippen LogP contribution in [0.3, 0.4) is 0 Å². The zero-order valence-electron chi connectivity index (χ0n) is 11.4. The van der Waals surface area contributed by atoms with Crippen molar-refractivity contribution in [3.05, 3.63) is 35.9 Å². The van der Waals surface area contributed by atoms with Gasteiger partial charge in [0.05, 0.1) is 0 Å². The Kier molecular flexibility index (Phi) is 8.26. The van der Waals surface area contributed by atoms with Crippen LogP contribution >= 0.6 is 11.6 Å². The Bertz CT molecular complexity index is 356. The number of ether oxygens (including phenoxy) is 1. The number of carbonyl (C=O) groups is 1. The van der Waals surface area contributed by atoms with Crippen LogP contribution in [0.15, 0.2) is 30.3 Å². The predicted molar refractivity (Wildman–Crippen MR) is 78.4 cm³/mol. The Morgan fingerprint density at radius 3 is 2.63 bits per heavy atom. The van der Waals surface area contributed by atoms with Gasteiger partial charge in [0.2, 0.25) is 5.91 Å². The summed E-state index contributed by atoms with van der Waals surface area (Å²) in [7, 11) is 0. The van der Waals surface area contributed by atoms with Crippen LogP contribution in [0.4, 0.5) is 0 Å². The molecule has 1 unspecified atom stereocenters. The summed E-state index contributed by atoms with van der Waals surface area (Å²) < 4.78 is 5.42. The van der Waals surface area contributed by atoms with Gasteiger partial charge in [-0.05, 0) is 18.4 Å². The largest absolute Gasteiger partial charge is 0.381 e. The monoisotopic (exact) mass is 283 g/mol. The maximum absolute atomic E-state index is 11.8. The van der Waals surface area contributed by atoms with Gasteiger partial charge >= 0.3 is 0 Å². The first kappa shape index (κ1) is 16.0. The molecule has 1 amide bonds. The zero-order valence-corrected chi connectivity index (χ0v) is 12.2. The van der Waals surface area contributed by atoms with E-state index in [1.54, 1.807) is 0 Å². The summed E-state index contributed by atoms with van der Waals surface area (Å²) in [4.78, 5) is 11.8. The molecule has 0 bridgehead atoms. The van der Waals surface area contributed by atoms with E-state index in [1.807, 2.05) is 30.3 Å². The molecule has 0 aliphatic rings. The third-order valence-electron chi connectivity index (χ3n) is 2.73. The Hall–Kier alpha value is -1.06. The molecule has 0 radical (unpaired) electrons. The number of halogens is 1. The Morgan fingerprint density at radius 1 is 1.26 bits per heavy atom. The summed E-state index contributed by atoms with van der Waals surface area (Å²) in [6, 6.07) is 9.36. The normalized spacial score (nSPS) is 12.1. The molecule has 4 heteroatoms. The summed E-state index contributed by atoms with van der Waals surface area (Å²) in [5.74, 6) is -0.151. The van der Waals surface area contributed by atoms with Gasteiger partial charge in [-0.15, -0.1) is 11.6 Å². The Labute approximate surface area is 120 Å². The van der Waals surface area contributed by atoms with Crippen molar-refractivity contribution in [3.8, 4) is 0 Å². The van der Waals surface area contributed by atoms with E-state index in [0.717, 1.165) is 31.4 Å². The van der Waals surface area contributed by atoms with Crippen molar-refractivity contribution >= 4 is 17.5 Å². The minimum atomic E-state index is -0.623. The summed E-state index contributed by atoms with van der Waals surface area (Å²) in [6.45, 7) is 4.21. The molecule has 0 spiro atoms. The number of alkyl halides is 1. The number of nitrogens with one attached hydrogen (secondary N) is 1. The highest BCUT2D eigenvalue weighted by molar-refractivity contribution is 6.30. The molecule has 0 fully saturated rings. The minimum absolute atomic E-state index is 0.151. The molecule has 1 aromatic carbocycles. The van der Waals surface area contributed by atoms with Gasteiger partial charge in [0.15, 0.2) is 0 Å². The molecule has 1 aromatic rings. The number of carbonyl (C=O) groups excluding carboxylic acids is 1. The first-order valence-corrected chi connectivity index (χ1v) is 7.23. The van der Waals surface area contributed by atoms with E-state index in [1.165, 1.54) is 0 Å². The maximum atomic E-state index is 11.8. The van der Waals surface area contributed by atoms with Gasteiger partial charge < -0.3 is 10.1 Å². The van der Waals surface area contributed by atoms with E-state index in [4.69, 9.17) is 16.3 Å². The third-order valence-corrected chi connectivity index (χ3v) is 3.18. The lowest BCUT2D eigenvalue weighted by Crippen LogP contribution is -2.28. The molecule has 0 aliphatic carbocycles. The lowest BCUT2D eigenvalue weighted by Gasteiger charge is -2.10. The molecular formula is C15H22ClNO2. The highest BCUT2D eigenvalue weighted by Crippen LogP contribution is 2.19. The fourth-order valence-corrected chi connectivity index (χ4v) is 1.82. The highest BCUT2D eigenvalue weighted by Gasteiger charge is 2.16. The molecule has 106 valence electrons. The fraction of sp³-hybridized carbons (Fsp3) is 0.533. The van der Waals surface area contributed by atoms with E-state index in [0.29, 0.717) is 13.2 Å². The predicted octanol–water partition coefficient (Wildman–Crippen LogP) is 3.29. The van der Waals surface area contributed by atoms with E-state index in [2.05, 4.69) is 12.2 Å². The number of amides is 1. The van der Waals surface area contributed by atoms with Gasteiger partial charge in [-0.25, -0.2) is 0 Å². The molecule has 1 rings (SSSR count). The lowest BCUT2D eigenvalue weighted by molar-refractivity contribution is -0.120. The van der Waals surface area contributed by atoms with Crippen LogP contribution < -0.4 is 5.32 Å². The van der Waals surface area contributed by atoms with Crippen LogP contribution in [0.2, 0.25) is 0 Å². The fourth-order valence-electron chi connectivity index (χ4n) is 1.60. The van der Waals surface area contributed by atoms with Crippen molar-refractivity contribution in [2.24, 2.45) is 0 Å². The Morgan fingerprint density at radius 2 is 1.95 bits per heavy atom. The van der Waals surface area contributed by atoms with Crippen LogP contribution in [-0.2, 0) is 9.53 Å². The van der Waals surface area contributed by atoms with Crippen LogP contribution in [0.25, 0.3) is 0 Å². The van der Waals surface area contributed by atoms with Gasteiger partial charge in [0, 0.05) is 19.8 Å². The zero-order chi connectivity index (χ0) is 13.9. The molecule has 1 N–H and O–H groups in total. The van der Waals surface area contributed by atoms with E-state index in [9.17, 15) is 4.79 Å². The summed E-state index contributed by atoms with van der Waals surface area (Å²) >= 11 is 6.09. The third kappa shape index (κ3) is 6.60. The van der Waals surface area contributed by atoms with Crippen LogP contribution in [0.5, 0.6) is 0 Å². The molecule has 1 atom stereocenters. The lowest BCUT2D eigenvalue weighted by atomic mass is 10.1. The highest BCUT2D eigenvalue weighted by atomic mass is 35.5. The molecule has 3 nitrogen and oxygen atoms in total. The molecule has 0 heterocycles. The average Bonchev–Trinajstić information content (AvgIpc) is 2.46. The number of hydrogen-bond donors (Lipinski definition) is 1. The van der Waals surface area contributed by atoms with Crippen LogP contribution in [0.1, 0.15) is 37.1 Å². The van der Waals surface area contributed by atoms with E-state index in [-0.39, 0.29) is 5.91 Å². The van der Waals surface area contributed by atoms with Crippen molar-refractivity contribution in [1.82, 2.24) is 5.32 Å². The SMILES string of the molecule is CCCCOCCCNC(=O)C(Cl)c1ccccc1. The van der Waals surface area contributed by atoms with E-state index < -0.39 is 5.38 Å². The van der Waals surface area contributed by atoms with Crippen molar-refractivity contribution < 1.29 is 9.53 Å². The second-order valence-electron chi connectivity index (χ2n) is 4.38. The molecule has 0 saturated heterocycles.